The van der Waals surface area contributed by atoms with Crippen LogP contribution in [0.5, 0.6) is 23.0 Å². The molecule has 35 heavy (non-hydrogen) atoms. The van der Waals surface area contributed by atoms with Crippen LogP contribution in [0.15, 0.2) is 78.2 Å². The van der Waals surface area contributed by atoms with E-state index in [1.807, 2.05) is 31.2 Å². The second-order valence-corrected chi connectivity index (χ2v) is 7.73. The molecular weight excluding hydrogens is 451 g/mol. The van der Waals surface area contributed by atoms with E-state index in [0.29, 0.717) is 29.4 Å². The third kappa shape index (κ3) is 5.04. The van der Waals surface area contributed by atoms with E-state index in [4.69, 9.17) is 24.7 Å². The van der Waals surface area contributed by atoms with Crippen molar-refractivity contribution in [2.45, 2.75) is 25.9 Å². The number of rotatable bonds is 7. The van der Waals surface area contributed by atoms with Crippen LogP contribution in [0.3, 0.4) is 0 Å². The van der Waals surface area contributed by atoms with Crippen molar-refractivity contribution in [3.63, 3.8) is 0 Å². The zero-order chi connectivity index (χ0) is 24.9. The molecule has 178 valence electrons. The number of hydrogen-bond acceptors (Lipinski definition) is 7. The summed E-state index contributed by atoms with van der Waals surface area (Å²) in [6, 6.07) is 19.8. The average molecular weight is 474 g/mol. The Kier molecular flexibility index (Phi) is 6.88. The molecule has 0 saturated heterocycles. The number of nitriles is 1. The van der Waals surface area contributed by atoms with Gasteiger partial charge in [0.25, 0.3) is 0 Å². The molecule has 0 aromatic heterocycles. The van der Waals surface area contributed by atoms with E-state index in [2.05, 4.69) is 6.07 Å². The number of allylic oxidation sites excluding steroid dienone is 1. The number of carbonyl (C=O) groups excluding carboxylic acids is 1. The van der Waals surface area contributed by atoms with Crippen LogP contribution >= 0.6 is 0 Å². The summed E-state index contributed by atoms with van der Waals surface area (Å²) >= 11 is 0. The van der Waals surface area contributed by atoms with Crippen molar-refractivity contribution >= 4 is 5.97 Å². The molecule has 3 aromatic rings. The summed E-state index contributed by atoms with van der Waals surface area (Å²) in [5, 5.41) is 9.80. The first kappa shape index (κ1) is 23.6. The van der Waals surface area contributed by atoms with Crippen molar-refractivity contribution in [2.75, 3.05) is 6.61 Å². The van der Waals surface area contributed by atoms with Crippen LogP contribution < -0.4 is 24.7 Å². The number of nitrogens with two attached hydrogens (primary N) is 1. The molecular formula is C27H23FN2O5. The monoisotopic (exact) mass is 474 g/mol. The van der Waals surface area contributed by atoms with Gasteiger partial charge in [0.1, 0.15) is 40.5 Å². The molecule has 7 nitrogen and oxygen atoms in total. The number of carbonyl (C=O) groups is 1. The van der Waals surface area contributed by atoms with Crippen LogP contribution in [0.25, 0.3) is 0 Å². The SMILES string of the molecule is CCOc1ccccc1C1C(C#N)=C(N)Oc2cc(OC(=O)C(C)Oc3ccc(F)cc3)ccc21. The van der Waals surface area contributed by atoms with Crippen molar-refractivity contribution in [2.24, 2.45) is 5.73 Å². The summed E-state index contributed by atoms with van der Waals surface area (Å²) in [4.78, 5) is 12.6. The highest BCUT2D eigenvalue weighted by molar-refractivity contribution is 5.77. The Balaban J connectivity index is 1.60. The first-order valence-electron chi connectivity index (χ1n) is 11.0. The molecule has 1 aliphatic heterocycles. The van der Waals surface area contributed by atoms with Crippen LogP contribution in [0.4, 0.5) is 4.39 Å². The molecule has 1 heterocycles. The van der Waals surface area contributed by atoms with E-state index in [9.17, 15) is 14.4 Å². The minimum atomic E-state index is -0.946. The van der Waals surface area contributed by atoms with Gasteiger partial charge in [-0.15, -0.1) is 0 Å². The minimum Gasteiger partial charge on any atom is -0.494 e. The smallest absolute Gasteiger partial charge is 0.352 e. The zero-order valence-electron chi connectivity index (χ0n) is 19.2. The van der Waals surface area contributed by atoms with E-state index in [-0.39, 0.29) is 17.2 Å². The summed E-state index contributed by atoms with van der Waals surface area (Å²) in [6.07, 6.45) is -0.946. The standard InChI is InChI=1S/C27H23FN2O5/c1-3-32-23-7-5-4-6-20(23)25-21-13-12-19(14-24(21)35-26(30)22(25)15-29)34-27(31)16(2)33-18-10-8-17(28)9-11-18/h4-14,16,25H,3,30H2,1-2H3. The van der Waals surface area contributed by atoms with Gasteiger partial charge in [-0.1, -0.05) is 24.3 Å². The lowest BCUT2D eigenvalue weighted by Crippen LogP contribution is -2.28. The van der Waals surface area contributed by atoms with Gasteiger partial charge < -0.3 is 24.7 Å². The fourth-order valence-electron chi connectivity index (χ4n) is 3.79. The third-order valence-corrected chi connectivity index (χ3v) is 5.40. The molecule has 8 heteroatoms. The van der Waals surface area contributed by atoms with E-state index in [0.717, 1.165) is 5.56 Å². The first-order chi connectivity index (χ1) is 16.9. The van der Waals surface area contributed by atoms with Crippen molar-refractivity contribution in [1.82, 2.24) is 0 Å². The normalized spacial score (nSPS) is 15.3. The van der Waals surface area contributed by atoms with E-state index in [1.54, 1.807) is 12.1 Å². The maximum absolute atomic E-state index is 13.1. The van der Waals surface area contributed by atoms with Crippen LogP contribution in [0.1, 0.15) is 30.9 Å². The summed E-state index contributed by atoms with van der Waals surface area (Å²) in [7, 11) is 0. The highest BCUT2D eigenvalue weighted by Crippen LogP contribution is 2.45. The van der Waals surface area contributed by atoms with Crippen LogP contribution in [-0.2, 0) is 4.79 Å². The van der Waals surface area contributed by atoms with Gasteiger partial charge in [0, 0.05) is 17.2 Å². The van der Waals surface area contributed by atoms with Gasteiger partial charge >= 0.3 is 5.97 Å². The number of fused-ring (bicyclic) bond motifs is 1. The lowest BCUT2D eigenvalue weighted by molar-refractivity contribution is -0.141. The Morgan fingerprint density at radius 3 is 2.54 bits per heavy atom. The first-order valence-corrected chi connectivity index (χ1v) is 11.0. The molecule has 0 amide bonds. The topological polar surface area (TPSA) is 104 Å². The highest BCUT2D eigenvalue weighted by atomic mass is 19.1. The molecule has 2 atom stereocenters. The van der Waals surface area contributed by atoms with Gasteiger partial charge in [0.2, 0.25) is 5.88 Å². The number of para-hydroxylation sites is 1. The molecule has 3 aromatic carbocycles. The Morgan fingerprint density at radius 1 is 1.11 bits per heavy atom. The molecule has 0 bridgehead atoms. The fourth-order valence-corrected chi connectivity index (χ4v) is 3.79. The molecule has 1 aliphatic rings. The van der Waals surface area contributed by atoms with Crippen LogP contribution in [0, 0.1) is 17.1 Å². The summed E-state index contributed by atoms with van der Waals surface area (Å²) in [6.45, 7) is 3.87. The summed E-state index contributed by atoms with van der Waals surface area (Å²) in [5.74, 6) is -0.0624. The molecule has 0 radical (unpaired) electrons. The number of hydrogen-bond donors (Lipinski definition) is 1. The van der Waals surface area contributed by atoms with E-state index >= 15 is 0 Å². The Hall–Kier alpha value is -4.51. The minimum absolute atomic E-state index is 0.0345. The maximum Gasteiger partial charge on any atom is 0.352 e. The van der Waals surface area contributed by atoms with Crippen molar-refractivity contribution < 1.29 is 28.1 Å². The van der Waals surface area contributed by atoms with Gasteiger partial charge in [0.15, 0.2) is 6.10 Å². The molecule has 0 aliphatic carbocycles. The van der Waals surface area contributed by atoms with Gasteiger partial charge in [-0.05, 0) is 50.2 Å². The Morgan fingerprint density at radius 2 is 1.83 bits per heavy atom. The quantitative estimate of drug-likeness (QED) is 0.387. The maximum atomic E-state index is 13.1. The van der Waals surface area contributed by atoms with Crippen molar-refractivity contribution in [1.29, 1.82) is 5.26 Å². The Bertz CT molecular complexity index is 1310. The second-order valence-electron chi connectivity index (χ2n) is 7.73. The highest BCUT2D eigenvalue weighted by Gasteiger charge is 2.33. The molecule has 4 rings (SSSR count). The largest absolute Gasteiger partial charge is 0.494 e. The third-order valence-electron chi connectivity index (χ3n) is 5.40. The number of benzene rings is 3. The fraction of sp³-hybridized carbons (Fsp3) is 0.185. The Labute approximate surface area is 202 Å². The molecule has 0 fully saturated rings. The lowest BCUT2D eigenvalue weighted by Gasteiger charge is -2.28. The molecule has 0 saturated carbocycles. The van der Waals surface area contributed by atoms with Crippen LogP contribution in [0.2, 0.25) is 0 Å². The zero-order valence-corrected chi connectivity index (χ0v) is 19.2. The molecule has 2 unspecified atom stereocenters. The number of ether oxygens (including phenoxy) is 4. The van der Waals surface area contributed by atoms with E-state index < -0.39 is 23.8 Å². The van der Waals surface area contributed by atoms with E-state index in [1.165, 1.54) is 37.3 Å². The molecule has 2 N–H and O–H groups in total. The number of esters is 1. The lowest BCUT2D eigenvalue weighted by atomic mass is 9.83. The van der Waals surface area contributed by atoms with Gasteiger partial charge in [-0.25, -0.2) is 9.18 Å². The van der Waals surface area contributed by atoms with Crippen LogP contribution in [-0.4, -0.2) is 18.7 Å². The van der Waals surface area contributed by atoms with Crippen molar-refractivity contribution in [3.05, 3.63) is 95.1 Å². The van der Waals surface area contributed by atoms with Crippen molar-refractivity contribution in [3.8, 4) is 29.1 Å². The summed E-state index contributed by atoms with van der Waals surface area (Å²) in [5.41, 5.74) is 7.80. The predicted molar refractivity (Wildman–Crippen MR) is 125 cm³/mol. The van der Waals surface area contributed by atoms with Gasteiger partial charge in [-0.3, -0.25) is 0 Å². The number of nitrogens with zero attached hydrogens (tertiary/aromatic N) is 1. The predicted octanol–water partition coefficient (Wildman–Crippen LogP) is 4.82. The summed E-state index contributed by atoms with van der Waals surface area (Å²) < 4.78 is 35.6. The average Bonchev–Trinajstić information content (AvgIpc) is 2.85. The second kappa shape index (κ2) is 10.2. The molecule has 0 spiro atoms. The van der Waals surface area contributed by atoms with Gasteiger partial charge in [0.05, 0.1) is 12.5 Å². The number of halogens is 1. The van der Waals surface area contributed by atoms with Gasteiger partial charge in [-0.2, -0.15) is 5.26 Å².